The van der Waals surface area contributed by atoms with Gasteiger partial charge in [0.1, 0.15) is 17.6 Å². The van der Waals surface area contributed by atoms with Crippen molar-refractivity contribution in [2.24, 2.45) is 29.1 Å². The third-order valence-corrected chi connectivity index (χ3v) is 8.27. The maximum absolute atomic E-state index is 12.7. The number of ketones is 1. The molecule has 5 nitrogen and oxygen atoms in total. The van der Waals surface area contributed by atoms with Crippen LogP contribution in [0.3, 0.4) is 0 Å². The molecule has 2 unspecified atom stereocenters. The first kappa shape index (κ1) is 19.1. The van der Waals surface area contributed by atoms with Gasteiger partial charge in [-0.15, -0.1) is 0 Å². The van der Waals surface area contributed by atoms with Crippen molar-refractivity contribution < 1.29 is 4.79 Å². The van der Waals surface area contributed by atoms with E-state index in [0.717, 1.165) is 37.1 Å². The van der Waals surface area contributed by atoms with Gasteiger partial charge >= 0.3 is 0 Å². The van der Waals surface area contributed by atoms with Crippen LogP contribution in [0.1, 0.15) is 83.2 Å². The third kappa shape index (κ3) is 3.36. The van der Waals surface area contributed by atoms with Gasteiger partial charge in [-0.05, 0) is 73.8 Å². The van der Waals surface area contributed by atoms with Crippen LogP contribution in [0, 0.1) is 29.1 Å². The highest BCUT2D eigenvalue weighted by atomic mass is 16.1. The fourth-order valence-corrected chi connectivity index (χ4v) is 7.00. The van der Waals surface area contributed by atoms with E-state index in [2.05, 4.69) is 36.1 Å². The number of carbonyl (C=O) groups is 1. The zero-order valence-electron chi connectivity index (χ0n) is 17.8. The minimum absolute atomic E-state index is 0.359. The second kappa shape index (κ2) is 7.10. The van der Waals surface area contributed by atoms with Crippen molar-refractivity contribution in [2.45, 2.75) is 77.6 Å². The molecule has 0 radical (unpaired) electrons. The topological polar surface area (TPSA) is 73.3 Å². The number of rotatable bonds is 5. The molecule has 0 aromatic carbocycles. The number of hydrogen-bond acceptors (Lipinski definition) is 4. The molecule has 3 aliphatic carbocycles. The monoisotopic (exact) mass is 394 g/mol. The van der Waals surface area contributed by atoms with E-state index in [9.17, 15) is 4.79 Å². The van der Waals surface area contributed by atoms with Gasteiger partial charge in [-0.25, -0.2) is 9.50 Å². The lowest BCUT2D eigenvalue weighted by molar-refractivity contribution is -0.123. The molecule has 2 heterocycles. The van der Waals surface area contributed by atoms with Crippen LogP contribution in [-0.4, -0.2) is 20.4 Å². The fourth-order valence-electron chi connectivity index (χ4n) is 7.00. The average molecular weight is 395 g/mol. The number of fused-ring (bicyclic) bond motifs is 2. The Kier molecular flexibility index (Phi) is 4.67. The summed E-state index contributed by atoms with van der Waals surface area (Å²) in [4.78, 5) is 16.9. The summed E-state index contributed by atoms with van der Waals surface area (Å²) in [7, 11) is 0. The van der Waals surface area contributed by atoms with Crippen LogP contribution < -0.4 is 5.73 Å². The van der Waals surface area contributed by atoms with E-state index in [4.69, 9.17) is 5.73 Å². The number of anilines is 1. The number of nitrogens with two attached hydrogens (primary N) is 1. The summed E-state index contributed by atoms with van der Waals surface area (Å²) in [5.41, 5.74) is 8.67. The smallest absolute Gasteiger partial charge is 0.151 e. The van der Waals surface area contributed by atoms with Gasteiger partial charge in [0.25, 0.3) is 0 Å². The molecule has 29 heavy (non-hydrogen) atoms. The normalized spacial score (nSPS) is 31.5. The predicted molar refractivity (Wildman–Crippen MR) is 114 cm³/mol. The molecule has 3 fully saturated rings. The van der Waals surface area contributed by atoms with Gasteiger partial charge in [-0.2, -0.15) is 5.10 Å². The highest BCUT2D eigenvalue weighted by Gasteiger charge is 2.52. The SMILES string of the molecule is CC1(C)C[C@@H]2C(CCC(=O)C3CCCC3)CC(c3ccc4c(N)ncnn34)[C@@H]2C1. The van der Waals surface area contributed by atoms with Gasteiger partial charge in [-0.1, -0.05) is 26.7 Å². The van der Waals surface area contributed by atoms with E-state index in [1.807, 2.05) is 4.52 Å². The summed E-state index contributed by atoms with van der Waals surface area (Å²) in [6.45, 7) is 4.83. The third-order valence-electron chi connectivity index (χ3n) is 8.27. The van der Waals surface area contributed by atoms with Crippen molar-refractivity contribution in [3.8, 4) is 0 Å². The Morgan fingerprint density at radius 1 is 1.21 bits per heavy atom. The lowest BCUT2D eigenvalue weighted by atomic mass is 9.82. The number of carbonyl (C=O) groups excluding carboxylic acids is 1. The van der Waals surface area contributed by atoms with E-state index in [1.165, 1.54) is 37.8 Å². The fraction of sp³-hybridized carbons (Fsp3) is 0.708. The highest BCUT2D eigenvalue weighted by molar-refractivity contribution is 5.81. The zero-order chi connectivity index (χ0) is 20.2. The Morgan fingerprint density at radius 3 is 2.76 bits per heavy atom. The predicted octanol–water partition coefficient (Wildman–Crippen LogP) is 5.01. The van der Waals surface area contributed by atoms with Crippen LogP contribution in [0.25, 0.3) is 5.52 Å². The molecule has 0 saturated heterocycles. The van der Waals surface area contributed by atoms with Crippen molar-refractivity contribution in [3.05, 3.63) is 24.2 Å². The lowest BCUT2D eigenvalue weighted by Gasteiger charge is -2.23. The van der Waals surface area contributed by atoms with Crippen LogP contribution in [0.5, 0.6) is 0 Å². The first-order valence-electron chi connectivity index (χ1n) is 11.5. The Hall–Kier alpha value is -1.91. The molecule has 0 aliphatic heterocycles. The van der Waals surface area contributed by atoms with Crippen LogP contribution in [0.4, 0.5) is 5.82 Å². The first-order chi connectivity index (χ1) is 13.9. The van der Waals surface area contributed by atoms with Crippen LogP contribution in [-0.2, 0) is 4.79 Å². The van der Waals surface area contributed by atoms with E-state index in [-0.39, 0.29) is 0 Å². The van der Waals surface area contributed by atoms with Gasteiger partial charge < -0.3 is 5.73 Å². The van der Waals surface area contributed by atoms with E-state index in [0.29, 0.717) is 40.7 Å². The summed E-state index contributed by atoms with van der Waals surface area (Å²) in [5, 5.41) is 4.52. The second-order valence-electron chi connectivity index (χ2n) is 10.7. The van der Waals surface area contributed by atoms with Gasteiger partial charge in [0.2, 0.25) is 0 Å². The summed E-state index contributed by atoms with van der Waals surface area (Å²) in [5.74, 6) is 4.02. The Balaban J connectivity index is 1.38. The Bertz CT molecular complexity index is 911. The molecule has 3 aliphatic rings. The highest BCUT2D eigenvalue weighted by Crippen LogP contribution is 2.61. The maximum atomic E-state index is 12.7. The standard InChI is InChI=1S/C24H34N4O/c1-24(2)12-18-16(7-10-22(29)15-5-3-4-6-15)11-17(19(18)13-24)20-8-9-21-23(25)26-14-27-28(20)21/h8-9,14-19H,3-7,10-13H2,1-2H3,(H2,25,26,27)/t16?,17?,18-,19+/m1/s1. The van der Waals surface area contributed by atoms with E-state index >= 15 is 0 Å². The summed E-state index contributed by atoms with van der Waals surface area (Å²) < 4.78 is 2.02. The summed E-state index contributed by atoms with van der Waals surface area (Å²) in [6, 6.07) is 4.27. The quantitative estimate of drug-likeness (QED) is 0.774. The van der Waals surface area contributed by atoms with Crippen molar-refractivity contribution in [3.63, 3.8) is 0 Å². The maximum Gasteiger partial charge on any atom is 0.151 e. The van der Waals surface area contributed by atoms with Crippen LogP contribution >= 0.6 is 0 Å². The van der Waals surface area contributed by atoms with Gasteiger partial charge in [0, 0.05) is 24.0 Å². The molecule has 0 amide bonds. The van der Waals surface area contributed by atoms with E-state index < -0.39 is 0 Å². The molecule has 3 saturated carbocycles. The zero-order valence-corrected chi connectivity index (χ0v) is 17.8. The number of nitrogen functional groups attached to an aromatic ring is 1. The second-order valence-corrected chi connectivity index (χ2v) is 10.7. The minimum Gasteiger partial charge on any atom is -0.382 e. The van der Waals surface area contributed by atoms with Crippen molar-refractivity contribution in [1.29, 1.82) is 0 Å². The molecular weight excluding hydrogens is 360 g/mol. The summed E-state index contributed by atoms with van der Waals surface area (Å²) >= 11 is 0. The Labute approximate surface area is 173 Å². The average Bonchev–Trinajstić information content (AvgIpc) is 3.43. The van der Waals surface area contributed by atoms with Gasteiger partial charge in [0.15, 0.2) is 5.82 Å². The van der Waals surface area contributed by atoms with Crippen LogP contribution in [0.15, 0.2) is 18.5 Å². The van der Waals surface area contributed by atoms with Gasteiger partial charge in [0.05, 0.1) is 0 Å². The molecule has 2 N–H and O–H groups in total. The van der Waals surface area contributed by atoms with Gasteiger partial charge in [-0.3, -0.25) is 4.79 Å². The molecule has 156 valence electrons. The number of aromatic nitrogens is 3. The molecule has 5 rings (SSSR count). The molecule has 5 heteroatoms. The largest absolute Gasteiger partial charge is 0.382 e. The molecule has 4 atom stereocenters. The van der Waals surface area contributed by atoms with Crippen molar-refractivity contribution in [2.75, 3.05) is 5.73 Å². The lowest BCUT2D eigenvalue weighted by Crippen LogP contribution is -2.16. The molecular formula is C24H34N4O. The molecule has 2 aromatic rings. The van der Waals surface area contributed by atoms with Crippen molar-refractivity contribution in [1.82, 2.24) is 14.6 Å². The molecule has 2 aromatic heterocycles. The molecule has 0 bridgehead atoms. The molecule has 0 spiro atoms. The number of nitrogens with zero attached hydrogens (tertiary/aromatic N) is 3. The van der Waals surface area contributed by atoms with E-state index in [1.54, 1.807) is 6.33 Å². The first-order valence-corrected chi connectivity index (χ1v) is 11.5. The number of Topliss-reactive ketones (excluding diaryl/α,β-unsaturated/α-hetero) is 1. The van der Waals surface area contributed by atoms with Crippen molar-refractivity contribution >= 4 is 17.1 Å². The minimum atomic E-state index is 0.359. The summed E-state index contributed by atoms with van der Waals surface area (Å²) in [6.07, 6.45) is 11.9. The number of hydrogen-bond donors (Lipinski definition) is 1. The Morgan fingerprint density at radius 2 is 1.97 bits per heavy atom. The van der Waals surface area contributed by atoms with Crippen LogP contribution in [0.2, 0.25) is 0 Å².